The number of nitrogens with one attached hydrogen (secondary N) is 2. The summed E-state index contributed by atoms with van der Waals surface area (Å²) in [4.78, 5) is 81.4. The van der Waals surface area contributed by atoms with E-state index in [2.05, 4.69) is 10.6 Å². The minimum absolute atomic E-state index is 0.150. The van der Waals surface area contributed by atoms with Gasteiger partial charge in [0.1, 0.15) is 23.3 Å². The van der Waals surface area contributed by atoms with Crippen molar-refractivity contribution in [2.75, 3.05) is 14.2 Å². The van der Waals surface area contributed by atoms with E-state index in [1.54, 1.807) is 55.4 Å². The topological polar surface area (TPSA) is 173 Å². The van der Waals surface area contributed by atoms with Crippen LogP contribution in [0.25, 0.3) is 0 Å². The van der Waals surface area contributed by atoms with E-state index in [1.807, 2.05) is 0 Å². The number of carbonyl (C=O) groups excluding carboxylic acids is 6. The highest BCUT2D eigenvalue weighted by Gasteiger charge is 2.90. The molecule has 272 valence electrons. The minimum Gasteiger partial charge on any atom is -0.467 e. The zero-order valence-electron chi connectivity index (χ0n) is 30.2. The third-order valence-corrected chi connectivity index (χ3v) is 12.3. The Hall–Kier alpha value is -3.22. The molecule has 13 nitrogen and oxygen atoms in total. The maximum atomic E-state index is 14.8. The van der Waals surface area contributed by atoms with E-state index in [9.17, 15) is 28.8 Å². The van der Waals surface area contributed by atoms with Crippen LogP contribution in [0.2, 0.25) is 0 Å². The van der Waals surface area contributed by atoms with E-state index in [0.717, 1.165) is 0 Å². The van der Waals surface area contributed by atoms with Gasteiger partial charge in [-0.05, 0) is 105 Å². The molecule has 0 unspecified atom stereocenters. The second-order valence-corrected chi connectivity index (χ2v) is 17.3. The molecule has 2 heterocycles. The molecule has 49 heavy (non-hydrogen) atoms. The van der Waals surface area contributed by atoms with Gasteiger partial charge in [0.05, 0.1) is 14.2 Å². The average molecular weight is 689 g/mol. The second-order valence-electron chi connectivity index (χ2n) is 17.3. The van der Waals surface area contributed by atoms with Crippen molar-refractivity contribution in [3.05, 3.63) is 0 Å². The van der Waals surface area contributed by atoms with Crippen LogP contribution >= 0.6 is 0 Å². The van der Waals surface area contributed by atoms with Crippen molar-refractivity contribution in [2.24, 2.45) is 59.2 Å². The molecule has 2 N–H and O–H groups in total. The first-order valence-electron chi connectivity index (χ1n) is 17.6. The van der Waals surface area contributed by atoms with Gasteiger partial charge in [0.15, 0.2) is 11.2 Å². The summed E-state index contributed by atoms with van der Waals surface area (Å²) in [5.74, 6) is -6.64. The van der Waals surface area contributed by atoms with E-state index >= 15 is 0 Å². The highest BCUT2D eigenvalue weighted by Crippen LogP contribution is 2.81. The lowest BCUT2D eigenvalue weighted by atomic mass is 9.48. The highest BCUT2D eigenvalue weighted by molar-refractivity contribution is 5.92. The SMILES string of the molecule is COC(=O)[C@H](C)NC(=O)[C@H]1C[C@@H]2C[C@H]1[C@@H]1[C@H]2[C@]2(C(=O)OC(C)(C)C)O[C@@]1(C(=O)OC(C)(C)C)[C@H]1[C@H]3C[C@@H]([C@H]12)[C@@H](C(=O)N[C@@H](C)C(=O)OC)C3. The van der Waals surface area contributed by atoms with Gasteiger partial charge in [0, 0.05) is 35.5 Å². The summed E-state index contributed by atoms with van der Waals surface area (Å²) >= 11 is 0. The zero-order chi connectivity index (χ0) is 36.2. The highest BCUT2D eigenvalue weighted by atomic mass is 16.6. The number of fused-ring (bicyclic) bond motifs is 16. The van der Waals surface area contributed by atoms with Gasteiger partial charge in [-0.3, -0.25) is 9.59 Å². The summed E-state index contributed by atoms with van der Waals surface area (Å²) in [6.45, 7) is 13.9. The lowest BCUT2D eigenvalue weighted by Gasteiger charge is -2.51. The molecule has 0 aromatic rings. The molecule has 0 radical (unpaired) electrons. The monoisotopic (exact) mass is 688 g/mol. The largest absolute Gasteiger partial charge is 0.467 e. The standard InChI is InChI=1S/C36H52N2O11/c1-15(29(41)45-9)37-27(39)21-13-17-11-19(21)25-23(17)36(32(44)48-34(6,7)8)26-20-12-18(14-22(20)28(40)38-16(2)30(42)46-10)24(26)35(25,49-36)31(43)47-33(3,4)5/h15-26H,11-14H2,1-10H3,(H,37,39)(H,38,40)/t15-,16-,17-,18-,19+,20+,21-,22-,23-,24-,25+,26+,35-,36-/m0/s1. The third kappa shape index (κ3) is 5.26. The van der Waals surface area contributed by atoms with E-state index in [4.69, 9.17) is 23.7 Å². The van der Waals surface area contributed by atoms with E-state index in [1.165, 1.54) is 14.2 Å². The molecular formula is C36H52N2O11. The lowest BCUT2D eigenvalue weighted by molar-refractivity contribution is -0.202. The molecule has 13 heteroatoms. The average Bonchev–Trinajstić information content (AvgIpc) is 3.83. The first-order valence-corrected chi connectivity index (χ1v) is 17.6. The molecule has 2 aliphatic heterocycles. The normalized spacial score (nSPS) is 40.5. The Bertz CT molecular complexity index is 1340. The van der Waals surface area contributed by atoms with Gasteiger partial charge in [-0.1, -0.05) is 0 Å². The van der Waals surface area contributed by atoms with Crippen LogP contribution in [0.1, 0.15) is 81.1 Å². The molecule has 4 saturated carbocycles. The van der Waals surface area contributed by atoms with Crippen LogP contribution in [-0.4, -0.2) is 84.4 Å². The van der Waals surface area contributed by atoms with Crippen LogP contribution < -0.4 is 10.6 Å². The van der Waals surface area contributed by atoms with Gasteiger partial charge in [-0.2, -0.15) is 0 Å². The van der Waals surface area contributed by atoms with E-state index < -0.39 is 93.9 Å². The number of esters is 4. The van der Waals surface area contributed by atoms with Crippen molar-refractivity contribution >= 4 is 35.7 Å². The molecule has 2 amide bonds. The Labute approximate surface area is 287 Å². The van der Waals surface area contributed by atoms with E-state index in [0.29, 0.717) is 25.7 Å². The van der Waals surface area contributed by atoms with Crippen LogP contribution in [0.5, 0.6) is 0 Å². The number of rotatable bonds is 8. The van der Waals surface area contributed by atoms with Crippen molar-refractivity contribution in [3.63, 3.8) is 0 Å². The smallest absolute Gasteiger partial charge is 0.339 e. The van der Waals surface area contributed by atoms with Crippen molar-refractivity contribution in [1.29, 1.82) is 0 Å². The fraction of sp³-hybridized carbons (Fsp3) is 0.833. The predicted molar refractivity (Wildman–Crippen MR) is 171 cm³/mol. The molecule has 6 rings (SSSR count). The first kappa shape index (κ1) is 35.6. The molecule has 6 aliphatic rings. The Morgan fingerprint density at radius 1 is 0.612 bits per heavy atom. The van der Waals surface area contributed by atoms with Crippen LogP contribution in [0, 0.1) is 59.2 Å². The lowest BCUT2D eigenvalue weighted by Crippen LogP contribution is -2.64. The van der Waals surface area contributed by atoms with Crippen LogP contribution in [0.3, 0.4) is 0 Å². The molecule has 6 fully saturated rings. The molecule has 0 aromatic heterocycles. The molecule has 6 bridgehead atoms. The maximum Gasteiger partial charge on any atom is 0.339 e. The first-order chi connectivity index (χ1) is 22.7. The minimum atomic E-state index is -1.54. The summed E-state index contributed by atoms with van der Waals surface area (Å²) in [7, 11) is 2.53. The van der Waals surface area contributed by atoms with E-state index in [-0.39, 0.29) is 35.5 Å². The summed E-state index contributed by atoms with van der Waals surface area (Å²) in [6, 6.07) is -1.70. The number of amides is 2. The summed E-state index contributed by atoms with van der Waals surface area (Å²) < 4.78 is 29.1. The van der Waals surface area contributed by atoms with Crippen molar-refractivity contribution in [1.82, 2.24) is 10.6 Å². The van der Waals surface area contributed by atoms with Gasteiger partial charge in [0.25, 0.3) is 0 Å². The summed E-state index contributed by atoms with van der Waals surface area (Å²) in [5.41, 5.74) is -4.80. The van der Waals surface area contributed by atoms with Crippen molar-refractivity contribution in [3.8, 4) is 0 Å². The fourth-order valence-electron chi connectivity index (χ4n) is 11.2. The number of methoxy groups -OCH3 is 2. The Morgan fingerprint density at radius 3 is 1.27 bits per heavy atom. The van der Waals surface area contributed by atoms with Gasteiger partial charge in [-0.25, -0.2) is 19.2 Å². The van der Waals surface area contributed by atoms with Gasteiger partial charge in [0.2, 0.25) is 11.8 Å². The molecule has 4 aliphatic carbocycles. The second kappa shape index (κ2) is 11.7. The fourth-order valence-corrected chi connectivity index (χ4v) is 11.2. The molecule has 2 saturated heterocycles. The molecular weight excluding hydrogens is 636 g/mol. The quantitative estimate of drug-likeness (QED) is 0.283. The third-order valence-electron chi connectivity index (χ3n) is 12.3. The predicted octanol–water partition coefficient (Wildman–Crippen LogP) is 2.32. The summed E-state index contributed by atoms with van der Waals surface area (Å²) in [5, 5.41) is 5.61. The van der Waals surface area contributed by atoms with Crippen LogP contribution in [0.15, 0.2) is 0 Å². The summed E-state index contributed by atoms with van der Waals surface area (Å²) in [6.07, 6.45) is 2.12. The molecule has 0 spiro atoms. The van der Waals surface area contributed by atoms with Crippen LogP contribution in [0.4, 0.5) is 0 Å². The molecule has 0 aromatic carbocycles. The Balaban J connectivity index is 1.44. The molecule has 14 atom stereocenters. The maximum absolute atomic E-state index is 14.8. The number of ether oxygens (including phenoxy) is 5. The number of carbonyl (C=O) groups is 6. The Morgan fingerprint density at radius 2 is 0.959 bits per heavy atom. The van der Waals surface area contributed by atoms with Crippen molar-refractivity contribution in [2.45, 2.75) is 116 Å². The van der Waals surface area contributed by atoms with Gasteiger partial charge < -0.3 is 34.3 Å². The van der Waals surface area contributed by atoms with Gasteiger partial charge >= 0.3 is 23.9 Å². The van der Waals surface area contributed by atoms with Gasteiger partial charge in [-0.15, -0.1) is 0 Å². The van der Waals surface area contributed by atoms with Crippen molar-refractivity contribution < 1.29 is 52.5 Å². The zero-order valence-corrected chi connectivity index (χ0v) is 30.2. The van der Waals surface area contributed by atoms with Crippen LogP contribution in [-0.2, 0) is 52.5 Å². The Kier molecular flexibility index (Phi) is 8.47. The number of hydrogen-bond acceptors (Lipinski definition) is 11. The number of hydrogen-bond donors (Lipinski definition) is 2.